The molecule has 1 rings (SSSR count). The van der Waals surface area contributed by atoms with Gasteiger partial charge in [0.05, 0.1) is 13.2 Å². The third-order valence-corrected chi connectivity index (χ3v) is 2.37. The Balaban J connectivity index is 2.55. The molecule has 1 unspecified atom stereocenters. The predicted octanol–water partition coefficient (Wildman–Crippen LogP) is -1.69. The minimum Gasteiger partial charge on any atom is -0.377 e. The Bertz CT molecular complexity index is 245. The lowest BCUT2D eigenvalue weighted by atomic mass is 10.2. The molecule has 15 heavy (non-hydrogen) atoms. The maximum atomic E-state index is 11.7. The zero-order valence-corrected chi connectivity index (χ0v) is 8.86. The van der Waals surface area contributed by atoms with Crippen molar-refractivity contribution in [1.82, 2.24) is 10.2 Å². The summed E-state index contributed by atoms with van der Waals surface area (Å²) in [4.78, 5) is 24.3. The Morgan fingerprint density at radius 2 is 2.33 bits per heavy atom. The fourth-order valence-electron chi connectivity index (χ4n) is 1.51. The average molecular weight is 215 g/mol. The molecule has 0 aromatic heterocycles. The van der Waals surface area contributed by atoms with Gasteiger partial charge in [0.25, 0.3) is 0 Å². The van der Waals surface area contributed by atoms with Crippen LogP contribution >= 0.6 is 0 Å². The van der Waals surface area contributed by atoms with Crippen LogP contribution in [0.5, 0.6) is 0 Å². The van der Waals surface area contributed by atoms with Crippen molar-refractivity contribution in [1.29, 1.82) is 0 Å². The second-order valence-corrected chi connectivity index (χ2v) is 3.43. The van der Waals surface area contributed by atoms with Crippen LogP contribution in [0, 0.1) is 0 Å². The summed E-state index contributed by atoms with van der Waals surface area (Å²) < 4.78 is 5.12. The third kappa shape index (κ3) is 3.17. The summed E-state index contributed by atoms with van der Waals surface area (Å²) in [6, 6.07) is -0.608. The summed E-state index contributed by atoms with van der Waals surface area (Å²) in [5.74, 6) is -0.566. The van der Waals surface area contributed by atoms with Gasteiger partial charge in [0, 0.05) is 19.5 Å². The molecule has 6 heteroatoms. The van der Waals surface area contributed by atoms with Crippen molar-refractivity contribution in [2.75, 3.05) is 33.4 Å². The molecular formula is C9H17N3O3. The van der Waals surface area contributed by atoms with E-state index in [4.69, 9.17) is 10.5 Å². The van der Waals surface area contributed by atoms with Gasteiger partial charge >= 0.3 is 0 Å². The molecule has 86 valence electrons. The molecule has 0 spiro atoms. The van der Waals surface area contributed by atoms with E-state index in [1.165, 1.54) is 4.90 Å². The highest BCUT2D eigenvalue weighted by Crippen LogP contribution is 2.08. The Hall–Kier alpha value is -1.14. The molecular weight excluding hydrogens is 198 g/mol. The van der Waals surface area contributed by atoms with Gasteiger partial charge in [0.2, 0.25) is 11.8 Å². The highest BCUT2D eigenvalue weighted by Gasteiger charge is 2.30. The predicted molar refractivity (Wildman–Crippen MR) is 54.1 cm³/mol. The van der Waals surface area contributed by atoms with Crippen LogP contribution in [0.4, 0.5) is 0 Å². The Morgan fingerprint density at radius 3 is 2.93 bits per heavy atom. The van der Waals surface area contributed by atoms with Crippen LogP contribution in [0.2, 0.25) is 0 Å². The summed E-state index contributed by atoms with van der Waals surface area (Å²) in [6.07, 6.45) is 0.375. The highest BCUT2D eigenvalue weighted by atomic mass is 16.5. The topological polar surface area (TPSA) is 84.7 Å². The van der Waals surface area contributed by atoms with Crippen LogP contribution in [0.15, 0.2) is 0 Å². The summed E-state index contributed by atoms with van der Waals surface area (Å²) in [7, 11) is 1.78. The van der Waals surface area contributed by atoms with E-state index in [2.05, 4.69) is 5.32 Å². The fourth-order valence-corrected chi connectivity index (χ4v) is 1.51. The third-order valence-electron chi connectivity index (χ3n) is 2.37. The molecule has 1 fully saturated rings. The summed E-state index contributed by atoms with van der Waals surface area (Å²) in [5, 5.41) is 2.89. The van der Waals surface area contributed by atoms with E-state index in [1.54, 1.807) is 7.05 Å². The normalized spacial score (nSPS) is 21.4. The SMILES string of the molecule is CNCCC(=O)N1CCOCC1C(N)=O. The van der Waals surface area contributed by atoms with Gasteiger partial charge < -0.3 is 20.7 Å². The van der Waals surface area contributed by atoms with Gasteiger partial charge in [-0.25, -0.2) is 0 Å². The minimum absolute atomic E-state index is 0.0588. The van der Waals surface area contributed by atoms with E-state index in [9.17, 15) is 9.59 Å². The summed E-state index contributed by atoms with van der Waals surface area (Å²) in [6.45, 7) is 1.72. The average Bonchev–Trinajstić information content (AvgIpc) is 2.25. The van der Waals surface area contributed by atoms with E-state index in [0.29, 0.717) is 26.1 Å². The van der Waals surface area contributed by atoms with Crippen LogP contribution in [-0.4, -0.2) is 56.1 Å². The van der Waals surface area contributed by atoms with Crippen molar-refractivity contribution in [2.24, 2.45) is 5.73 Å². The lowest BCUT2D eigenvalue weighted by molar-refractivity contribution is -0.147. The molecule has 3 N–H and O–H groups in total. The first-order chi connectivity index (χ1) is 7.16. The zero-order valence-electron chi connectivity index (χ0n) is 8.86. The number of nitrogens with zero attached hydrogens (tertiary/aromatic N) is 1. The first kappa shape index (κ1) is 11.9. The number of primary amides is 1. The molecule has 0 aromatic carbocycles. The van der Waals surface area contributed by atoms with Gasteiger partial charge in [-0.2, -0.15) is 0 Å². The molecule has 0 aliphatic carbocycles. The van der Waals surface area contributed by atoms with Crippen molar-refractivity contribution in [2.45, 2.75) is 12.5 Å². The van der Waals surface area contributed by atoms with Gasteiger partial charge in [-0.3, -0.25) is 9.59 Å². The van der Waals surface area contributed by atoms with E-state index < -0.39 is 11.9 Å². The number of hydrogen-bond donors (Lipinski definition) is 2. The summed E-state index contributed by atoms with van der Waals surface area (Å²) in [5.41, 5.74) is 5.20. The monoisotopic (exact) mass is 215 g/mol. The number of carbonyl (C=O) groups is 2. The number of nitrogens with two attached hydrogens (primary N) is 1. The molecule has 0 aromatic rings. The van der Waals surface area contributed by atoms with Crippen molar-refractivity contribution in [3.8, 4) is 0 Å². The Morgan fingerprint density at radius 1 is 1.60 bits per heavy atom. The van der Waals surface area contributed by atoms with Gasteiger partial charge in [0.1, 0.15) is 6.04 Å². The molecule has 0 bridgehead atoms. The maximum Gasteiger partial charge on any atom is 0.242 e. The van der Waals surface area contributed by atoms with Crippen LogP contribution in [0.25, 0.3) is 0 Å². The maximum absolute atomic E-state index is 11.7. The number of amides is 2. The molecule has 2 amide bonds. The zero-order chi connectivity index (χ0) is 11.3. The van der Waals surface area contributed by atoms with Gasteiger partial charge in [-0.15, -0.1) is 0 Å². The molecule has 1 aliphatic rings. The molecule has 0 radical (unpaired) electrons. The molecule has 1 atom stereocenters. The van der Waals surface area contributed by atoms with E-state index in [1.807, 2.05) is 0 Å². The number of morpholine rings is 1. The molecule has 6 nitrogen and oxygen atoms in total. The van der Waals surface area contributed by atoms with Gasteiger partial charge in [0.15, 0.2) is 0 Å². The van der Waals surface area contributed by atoms with E-state index in [-0.39, 0.29) is 12.5 Å². The second-order valence-electron chi connectivity index (χ2n) is 3.43. The lowest BCUT2D eigenvalue weighted by Crippen LogP contribution is -2.55. The smallest absolute Gasteiger partial charge is 0.242 e. The number of nitrogens with one attached hydrogen (secondary N) is 1. The number of rotatable bonds is 4. The van der Waals surface area contributed by atoms with Crippen molar-refractivity contribution in [3.05, 3.63) is 0 Å². The highest BCUT2D eigenvalue weighted by molar-refractivity contribution is 5.87. The van der Waals surface area contributed by atoms with Crippen molar-refractivity contribution < 1.29 is 14.3 Å². The Labute approximate surface area is 88.7 Å². The van der Waals surface area contributed by atoms with Crippen LogP contribution < -0.4 is 11.1 Å². The largest absolute Gasteiger partial charge is 0.377 e. The first-order valence-electron chi connectivity index (χ1n) is 4.98. The van der Waals surface area contributed by atoms with Crippen LogP contribution in [0.3, 0.4) is 0 Å². The van der Waals surface area contributed by atoms with Gasteiger partial charge in [-0.1, -0.05) is 0 Å². The second kappa shape index (κ2) is 5.67. The number of ether oxygens (including phenoxy) is 1. The molecule has 1 saturated heterocycles. The quantitative estimate of drug-likeness (QED) is 0.586. The standard InChI is InChI=1S/C9H17N3O3/c1-11-3-2-8(13)12-4-5-15-6-7(12)9(10)14/h7,11H,2-6H2,1H3,(H2,10,14). The van der Waals surface area contributed by atoms with Gasteiger partial charge in [-0.05, 0) is 7.05 Å². The van der Waals surface area contributed by atoms with Crippen molar-refractivity contribution in [3.63, 3.8) is 0 Å². The number of hydrogen-bond acceptors (Lipinski definition) is 4. The minimum atomic E-state index is -0.608. The van der Waals surface area contributed by atoms with Crippen LogP contribution in [-0.2, 0) is 14.3 Å². The first-order valence-corrected chi connectivity index (χ1v) is 4.98. The van der Waals surface area contributed by atoms with E-state index in [0.717, 1.165) is 0 Å². The Kier molecular flexibility index (Phi) is 4.51. The fraction of sp³-hybridized carbons (Fsp3) is 0.778. The van der Waals surface area contributed by atoms with Crippen LogP contribution in [0.1, 0.15) is 6.42 Å². The molecule has 0 saturated carbocycles. The molecule has 1 aliphatic heterocycles. The van der Waals surface area contributed by atoms with E-state index >= 15 is 0 Å². The summed E-state index contributed by atoms with van der Waals surface area (Å²) >= 11 is 0. The number of carbonyl (C=O) groups excluding carboxylic acids is 2. The van der Waals surface area contributed by atoms with Crippen molar-refractivity contribution >= 4 is 11.8 Å². The lowest BCUT2D eigenvalue weighted by Gasteiger charge is -2.33. The molecule has 1 heterocycles.